The second-order valence-corrected chi connectivity index (χ2v) is 13.9. The van der Waals surface area contributed by atoms with E-state index in [2.05, 4.69) is 26.8 Å². The molecule has 2 saturated carbocycles. The number of hydrogen-bond donors (Lipinski definition) is 2. The Morgan fingerprint density at radius 2 is 1.64 bits per heavy atom. The van der Waals surface area contributed by atoms with Crippen molar-refractivity contribution in [3.8, 4) is 22.7 Å². The van der Waals surface area contributed by atoms with Crippen LogP contribution in [0.3, 0.4) is 0 Å². The number of phenols is 1. The van der Waals surface area contributed by atoms with Gasteiger partial charge in [-0.3, -0.25) is 4.79 Å². The Bertz CT molecular complexity index is 2040. The van der Waals surface area contributed by atoms with Crippen molar-refractivity contribution in [3.63, 3.8) is 0 Å². The van der Waals surface area contributed by atoms with Crippen LogP contribution in [0, 0.1) is 11.6 Å². The third-order valence-electron chi connectivity index (χ3n) is 10.2. The lowest BCUT2D eigenvalue weighted by molar-refractivity contribution is -0.128. The number of hydrogen-bond acceptors (Lipinski definition) is 10. The summed E-state index contributed by atoms with van der Waals surface area (Å²) in [5, 5.41) is 14.3. The van der Waals surface area contributed by atoms with E-state index in [1.165, 1.54) is 28.8 Å². The smallest absolute Gasteiger partial charge is 0.355 e. The minimum Gasteiger partial charge on any atom is -0.507 e. The summed E-state index contributed by atoms with van der Waals surface area (Å²) in [6.07, 6.45) is 4.86. The number of phenolic OH excluding ortho intramolecular Hbond substituents is 1. The summed E-state index contributed by atoms with van der Waals surface area (Å²) in [5.41, 5.74) is 0.543. The number of nitrogens with one attached hydrogen (secondary N) is 1. The number of piperazine rings is 2. The molecule has 4 aliphatic rings. The summed E-state index contributed by atoms with van der Waals surface area (Å²) < 4.78 is 32.9. The van der Waals surface area contributed by atoms with Crippen LogP contribution in [0.5, 0.6) is 5.75 Å². The summed E-state index contributed by atoms with van der Waals surface area (Å²) in [4.78, 5) is 52.4. The fourth-order valence-electron chi connectivity index (χ4n) is 7.29. The second kappa shape index (κ2) is 12.4. The topological polar surface area (TPSA) is 133 Å². The molecule has 2 atom stereocenters. The van der Waals surface area contributed by atoms with E-state index in [0.717, 1.165) is 69.3 Å². The van der Waals surface area contributed by atoms with E-state index in [9.17, 15) is 14.7 Å². The maximum atomic E-state index is 16.3. The van der Waals surface area contributed by atoms with Gasteiger partial charge in [0.2, 0.25) is 11.9 Å². The van der Waals surface area contributed by atoms with E-state index in [4.69, 9.17) is 9.97 Å². The Morgan fingerprint density at radius 3 is 2.26 bits per heavy atom. The highest BCUT2D eigenvalue weighted by atomic mass is 19.1. The maximum absolute atomic E-state index is 16.3. The second-order valence-electron chi connectivity index (χ2n) is 13.9. The molecule has 2 saturated heterocycles. The molecule has 1 aromatic carbocycles. The molecule has 4 aromatic rings. The van der Waals surface area contributed by atoms with Gasteiger partial charge in [-0.15, -0.1) is 0 Å². The third-order valence-corrected chi connectivity index (χ3v) is 10.2. The molecule has 2 aliphatic carbocycles. The molecule has 3 aromatic heterocycles. The van der Waals surface area contributed by atoms with Gasteiger partial charge < -0.3 is 25.1 Å². The maximum Gasteiger partial charge on any atom is 0.355 e. The van der Waals surface area contributed by atoms with Crippen LogP contribution in [0.15, 0.2) is 41.7 Å². The lowest BCUT2D eigenvalue weighted by Gasteiger charge is -2.44. The molecule has 12 nitrogen and oxygen atoms in total. The Kier molecular flexibility index (Phi) is 8.00. The largest absolute Gasteiger partial charge is 0.507 e. The lowest BCUT2D eigenvalue weighted by atomic mass is 10.1. The minimum atomic E-state index is -0.887. The first-order valence-electron chi connectivity index (χ1n) is 17.3. The fraction of sp³-hybridized carbons (Fsp3) is 0.444. The van der Waals surface area contributed by atoms with Crippen molar-refractivity contribution in [2.75, 3.05) is 49.1 Å². The molecule has 2 aliphatic heterocycles. The summed E-state index contributed by atoms with van der Waals surface area (Å²) in [6, 6.07) is 4.36. The number of pyridine rings is 1. The number of carbonyl (C=O) groups is 1. The first-order valence-corrected chi connectivity index (χ1v) is 17.3. The summed E-state index contributed by atoms with van der Waals surface area (Å²) in [5.74, 6) is -1.39. The zero-order valence-corrected chi connectivity index (χ0v) is 28.1. The normalized spacial score (nSPS) is 21.2. The molecule has 1 amide bonds. The van der Waals surface area contributed by atoms with E-state index in [0.29, 0.717) is 24.7 Å². The molecule has 0 radical (unpaired) electrons. The van der Waals surface area contributed by atoms with Gasteiger partial charge in [0.15, 0.2) is 11.5 Å². The van der Waals surface area contributed by atoms with Gasteiger partial charge in [-0.05, 0) is 63.8 Å². The molecular weight excluding hydrogens is 644 g/mol. The Balaban J connectivity index is 1.39. The van der Waals surface area contributed by atoms with Crippen LogP contribution in [-0.4, -0.2) is 91.8 Å². The van der Waals surface area contributed by atoms with Gasteiger partial charge in [0.25, 0.3) is 0 Å². The number of rotatable bonds is 7. The molecule has 0 unspecified atom stereocenters. The number of aromatic hydroxyl groups is 1. The fourth-order valence-corrected chi connectivity index (χ4v) is 7.29. The highest BCUT2D eigenvalue weighted by molar-refractivity contribution is 5.92. The number of carbonyl (C=O) groups excluding carboxylic acids is 1. The molecule has 4 fully saturated rings. The SMILES string of the molecule is C=CC(=O)N1C[C@H](C)N(c2nc(=O)n(-c3c(C4CC4)nc(N4CCNCC4)nc3C3CC3)c3nc(-c4c(O)cccc4F)c(F)cc23)C[C@H]1C. The first-order chi connectivity index (χ1) is 24.1. The molecule has 0 bridgehead atoms. The number of anilines is 2. The van der Waals surface area contributed by atoms with Crippen molar-refractivity contribution in [3.05, 3.63) is 70.4 Å². The highest BCUT2D eigenvalue weighted by Gasteiger charge is 2.39. The predicted octanol–water partition coefficient (Wildman–Crippen LogP) is 4.00. The number of halogens is 2. The van der Waals surface area contributed by atoms with Gasteiger partial charge in [0.1, 0.15) is 23.1 Å². The van der Waals surface area contributed by atoms with E-state index in [-0.39, 0.29) is 46.7 Å². The van der Waals surface area contributed by atoms with Gasteiger partial charge in [0, 0.05) is 63.2 Å². The number of benzene rings is 1. The zero-order chi connectivity index (χ0) is 34.8. The van der Waals surface area contributed by atoms with Crippen LogP contribution < -0.4 is 20.8 Å². The molecule has 50 heavy (non-hydrogen) atoms. The Morgan fingerprint density at radius 1 is 0.960 bits per heavy atom. The van der Waals surface area contributed by atoms with E-state index in [1.54, 1.807) is 4.90 Å². The Labute approximate surface area is 287 Å². The quantitative estimate of drug-likeness (QED) is 0.276. The molecule has 8 rings (SSSR count). The summed E-state index contributed by atoms with van der Waals surface area (Å²) in [7, 11) is 0. The van der Waals surface area contributed by atoms with Crippen molar-refractivity contribution < 1.29 is 18.7 Å². The highest BCUT2D eigenvalue weighted by Crippen LogP contribution is 2.49. The number of fused-ring (bicyclic) bond motifs is 1. The summed E-state index contributed by atoms with van der Waals surface area (Å²) >= 11 is 0. The summed E-state index contributed by atoms with van der Waals surface area (Å²) in [6.45, 7) is 11.2. The minimum absolute atomic E-state index is 0.0610. The van der Waals surface area contributed by atoms with E-state index >= 15 is 8.78 Å². The average Bonchev–Trinajstić information content (AvgIpc) is 4.04. The van der Waals surface area contributed by atoms with Gasteiger partial charge in [0.05, 0.1) is 28.0 Å². The number of amides is 1. The molecule has 0 spiro atoms. The monoisotopic (exact) mass is 683 g/mol. The molecule has 5 heterocycles. The van der Waals surface area contributed by atoms with Crippen molar-refractivity contribution in [2.24, 2.45) is 0 Å². The molecule has 2 N–H and O–H groups in total. The van der Waals surface area contributed by atoms with Gasteiger partial charge >= 0.3 is 5.69 Å². The van der Waals surface area contributed by atoms with Crippen molar-refractivity contribution in [1.82, 2.24) is 34.7 Å². The molecule has 14 heteroatoms. The van der Waals surface area contributed by atoms with E-state index < -0.39 is 34.3 Å². The standard InChI is InChI=1S/C36H39F2N9O3/c1-4-27(49)45-17-20(3)46(18-19(45)2)33-23-16-25(38)31(28-24(37)6-5-7-26(28)48)40-34(23)47(36(50)43-33)32-29(21-8-9-21)41-35(42-30(32)22-10-11-22)44-14-12-39-13-15-44/h4-7,16,19-22,39,48H,1,8-15,17-18H2,2-3H3/t19-,20+/m1/s1. The van der Waals surface area contributed by atoms with Crippen LogP contribution in [0.2, 0.25) is 0 Å². The molecular formula is C36H39F2N9O3. The van der Waals surface area contributed by atoms with Gasteiger partial charge in [-0.25, -0.2) is 33.1 Å². The number of nitrogens with zero attached hydrogens (tertiary/aromatic N) is 8. The first kappa shape index (κ1) is 32.2. The lowest BCUT2D eigenvalue weighted by Crippen LogP contribution is -2.58. The van der Waals surface area contributed by atoms with E-state index in [1.807, 2.05) is 18.7 Å². The van der Waals surface area contributed by atoms with Crippen LogP contribution in [0.25, 0.3) is 28.0 Å². The zero-order valence-electron chi connectivity index (χ0n) is 28.1. The van der Waals surface area contributed by atoms with Gasteiger partial charge in [-0.2, -0.15) is 4.98 Å². The van der Waals surface area contributed by atoms with Gasteiger partial charge in [-0.1, -0.05) is 12.6 Å². The third kappa shape index (κ3) is 5.55. The Hall–Kier alpha value is -4.98. The predicted molar refractivity (Wildman–Crippen MR) is 185 cm³/mol. The molecule has 260 valence electrons. The van der Waals surface area contributed by atoms with Crippen LogP contribution in [0.4, 0.5) is 20.5 Å². The van der Waals surface area contributed by atoms with Crippen molar-refractivity contribution in [2.45, 2.75) is 63.5 Å². The average molecular weight is 684 g/mol. The number of aromatic nitrogens is 5. The van der Waals surface area contributed by atoms with Crippen LogP contribution in [0.1, 0.15) is 62.8 Å². The van der Waals surface area contributed by atoms with Crippen molar-refractivity contribution >= 4 is 28.7 Å². The van der Waals surface area contributed by atoms with Crippen LogP contribution in [-0.2, 0) is 4.79 Å². The van der Waals surface area contributed by atoms with Crippen molar-refractivity contribution in [1.29, 1.82) is 0 Å². The van der Waals surface area contributed by atoms with Crippen LogP contribution >= 0.6 is 0 Å².